The van der Waals surface area contributed by atoms with Crippen LogP contribution in [-0.4, -0.2) is 14.8 Å². The topological polar surface area (TPSA) is 39.9 Å². The van der Waals surface area contributed by atoms with E-state index in [4.69, 9.17) is 27.9 Å². The Balaban J connectivity index is 2.36. The number of aromatic nitrogens is 3. The van der Waals surface area contributed by atoms with Crippen molar-refractivity contribution in [3.63, 3.8) is 0 Å². The molecule has 6 heteroatoms. The third kappa shape index (κ3) is 3.99. The molecule has 0 bridgehead atoms. The highest BCUT2D eigenvalue weighted by molar-refractivity contribution is 6.35. The number of hydrogen-bond acceptors (Lipinski definition) is 3. The van der Waals surface area contributed by atoms with Crippen LogP contribution in [0.2, 0.25) is 10.0 Å². The second-order valence-corrected chi connectivity index (χ2v) is 6.21. The highest BCUT2D eigenvalue weighted by atomic mass is 35.5. The van der Waals surface area contributed by atoms with Crippen LogP contribution in [0.5, 0.6) is 5.75 Å². The summed E-state index contributed by atoms with van der Waals surface area (Å²) in [6, 6.07) is 5.07. The zero-order chi connectivity index (χ0) is 14.8. The van der Waals surface area contributed by atoms with Crippen molar-refractivity contribution in [1.82, 2.24) is 14.8 Å². The molecule has 2 rings (SSSR count). The van der Waals surface area contributed by atoms with Crippen LogP contribution in [0.15, 0.2) is 36.9 Å². The van der Waals surface area contributed by atoms with E-state index in [-0.39, 0.29) is 5.41 Å². The molecule has 2 aromatic rings. The summed E-state index contributed by atoms with van der Waals surface area (Å²) in [5.74, 6) is 1.06. The van der Waals surface area contributed by atoms with Gasteiger partial charge in [-0.15, -0.1) is 0 Å². The average molecular weight is 312 g/mol. The summed E-state index contributed by atoms with van der Waals surface area (Å²) in [4.78, 5) is 3.93. The summed E-state index contributed by atoms with van der Waals surface area (Å²) in [5, 5.41) is 5.09. The highest BCUT2D eigenvalue weighted by Crippen LogP contribution is 2.30. The maximum Gasteiger partial charge on any atom is 0.218 e. The molecule has 0 atom stereocenters. The van der Waals surface area contributed by atoms with E-state index in [0.29, 0.717) is 21.7 Å². The van der Waals surface area contributed by atoms with Crippen molar-refractivity contribution in [3.05, 3.63) is 47.0 Å². The van der Waals surface area contributed by atoms with E-state index in [1.54, 1.807) is 29.2 Å². The molecule has 0 saturated carbocycles. The van der Waals surface area contributed by atoms with E-state index >= 15 is 0 Å². The Morgan fingerprint density at radius 1 is 1.30 bits per heavy atom. The lowest BCUT2D eigenvalue weighted by atomic mass is 9.97. The molecule has 0 fully saturated rings. The predicted octanol–water partition coefficient (Wildman–Crippen LogP) is 4.51. The summed E-state index contributed by atoms with van der Waals surface area (Å²) >= 11 is 12.0. The molecule has 0 amide bonds. The second-order valence-electron chi connectivity index (χ2n) is 5.37. The van der Waals surface area contributed by atoms with Gasteiger partial charge in [0.25, 0.3) is 0 Å². The Bertz CT molecular complexity index is 616. The number of nitrogens with zero attached hydrogens (tertiary/aromatic N) is 3. The van der Waals surface area contributed by atoms with Crippen molar-refractivity contribution in [3.8, 4) is 5.75 Å². The van der Waals surface area contributed by atoms with Crippen molar-refractivity contribution >= 4 is 29.1 Å². The Morgan fingerprint density at radius 3 is 2.60 bits per heavy atom. The zero-order valence-electron chi connectivity index (χ0n) is 11.5. The normalized spacial score (nSPS) is 12.6. The standard InChI is InChI=1S/C14H15Cl2N3O/c1-14(2,3)7-13(19-9-17-8-18-19)20-12-5-4-10(15)6-11(12)16/h4-9H,1-3H3/b13-7+. The van der Waals surface area contributed by atoms with Gasteiger partial charge in [-0.3, -0.25) is 0 Å². The van der Waals surface area contributed by atoms with Gasteiger partial charge >= 0.3 is 0 Å². The van der Waals surface area contributed by atoms with Crippen LogP contribution in [0, 0.1) is 5.41 Å². The summed E-state index contributed by atoms with van der Waals surface area (Å²) in [6.07, 6.45) is 4.97. The first-order valence-electron chi connectivity index (χ1n) is 6.06. The van der Waals surface area contributed by atoms with Crippen LogP contribution >= 0.6 is 23.2 Å². The van der Waals surface area contributed by atoms with E-state index in [1.807, 2.05) is 6.08 Å². The van der Waals surface area contributed by atoms with E-state index in [9.17, 15) is 0 Å². The highest BCUT2D eigenvalue weighted by Gasteiger charge is 2.14. The van der Waals surface area contributed by atoms with Gasteiger partial charge < -0.3 is 4.74 Å². The van der Waals surface area contributed by atoms with Crippen LogP contribution in [-0.2, 0) is 0 Å². The van der Waals surface area contributed by atoms with E-state index in [1.165, 1.54) is 6.33 Å². The molecular weight excluding hydrogens is 297 g/mol. The van der Waals surface area contributed by atoms with Gasteiger partial charge in [0.05, 0.1) is 5.02 Å². The third-order valence-corrected chi connectivity index (χ3v) is 2.84. The molecule has 4 nitrogen and oxygen atoms in total. The molecule has 0 aliphatic heterocycles. The van der Waals surface area contributed by atoms with Crippen LogP contribution in [0.3, 0.4) is 0 Å². The first-order valence-corrected chi connectivity index (χ1v) is 6.81. The predicted molar refractivity (Wildman–Crippen MR) is 80.8 cm³/mol. The smallest absolute Gasteiger partial charge is 0.218 e. The number of hydrogen-bond donors (Lipinski definition) is 0. The van der Waals surface area contributed by atoms with E-state index in [0.717, 1.165) is 0 Å². The molecule has 0 spiro atoms. The van der Waals surface area contributed by atoms with Gasteiger partial charge in [-0.2, -0.15) is 9.78 Å². The summed E-state index contributed by atoms with van der Waals surface area (Å²) in [6.45, 7) is 6.20. The van der Waals surface area contributed by atoms with Gasteiger partial charge in [0.15, 0.2) is 0 Å². The lowest BCUT2D eigenvalue weighted by molar-refractivity contribution is 0.443. The van der Waals surface area contributed by atoms with Crippen LogP contribution in [0.25, 0.3) is 5.88 Å². The fraction of sp³-hybridized carbons (Fsp3) is 0.286. The van der Waals surface area contributed by atoms with Gasteiger partial charge in [-0.05, 0) is 29.7 Å². The quantitative estimate of drug-likeness (QED) is 0.783. The van der Waals surface area contributed by atoms with Crippen LogP contribution in [0.4, 0.5) is 0 Å². The average Bonchev–Trinajstić information content (AvgIpc) is 2.83. The maximum absolute atomic E-state index is 6.12. The molecule has 0 unspecified atom stereocenters. The van der Waals surface area contributed by atoms with Gasteiger partial charge in [-0.1, -0.05) is 44.0 Å². The first kappa shape index (κ1) is 14.9. The Kier molecular flexibility index (Phi) is 4.35. The van der Waals surface area contributed by atoms with E-state index in [2.05, 4.69) is 30.9 Å². The van der Waals surface area contributed by atoms with E-state index < -0.39 is 0 Å². The van der Waals surface area contributed by atoms with Gasteiger partial charge in [0, 0.05) is 5.02 Å². The van der Waals surface area contributed by atoms with Crippen LogP contribution in [0.1, 0.15) is 20.8 Å². The fourth-order valence-corrected chi connectivity index (χ4v) is 1.95. The Hall–Kier alpha value is -1.52. The van der Waals surface area contributed by atoms with Gasteiger partial charge in [0.1, 0.15) is 18.4 Å². The molecule has 0 N–H and O–H groups in total. The maximum atomic E-state index is 6.12. The first-order chi connectivity index (χ1) is 9.35. The van der Waals surface area contributed by atoms with Crippen LogP contribution < -0.4 is 4.74 Å². The minimum Gasteiger partial charge on any atom is -0.438 e. The van der Waals surface area contributed by atoms with Crippen molar-refractivity contribution in [1.29, 1.82) is 0 Å². The Morgan fingerprint density at radius 2 is 2.05 bits per heavy atom. The lowest BCUT2D eigenvalue weighted by Gasteiger charge is -2.17. The fourth-order valence-electron chi connectivity index (χ4n) is 1.51. The molecular formula is C14H15Cl2N3O. The monoisotopic (exact) mass is 311 g/mol. The molecule has 0 radical (unpaired) electrons. The van der Waals surface area contributed by atoms with Crippen molar-refractivity contribution < 1.29 is 4.74 Å². The van der Waals surface area contributed by atoms with Crippen molar-refractivity contribution in [2.45, 2.75) is 20.8 Å². The summed E-state index contributed by atoms with van der Waals surface area (Å²) in [7, 11) is 0. The molecule has 1 heterocycles. The molecule has 0 saturated heterocycles. The molecule has 20 heavy (non-hydrogen) atoms. The summed E-state index contributed by atoms with van der Waals surface area (Å²) < 4.78 is 7.40. The van der Waals surface area contributed by atoms with Gasteiger partial charge in [0.2, 0.25) is 5.88 Å². The molecule has 0 aliphatic rings. The number of rotatable bonds is 3. The van der Waals surface area contributed by atoms with Crippen molar-refractivity contribution in [2.24, 2.45) is 5.41 Å². The van der Waals surface area contributed by atoms with Crippen molar-refractivity contribution in [2.75, 3.05) is 0 Å². The third-order valence-electron chi connectivity index (χ3n) is 2.31. The SMILES string of the molecule is CC(C)(C)/C=C(/Oc1ccc(Cl)cc1Cl)n1cncn1. The number of ether oxygens (including phenoxy) is 1. The molecule has 106 valence electrons. The Labute approximate surface area is 128 Å². The minimum absolute atomic E-state index is 0.0831. The number of halogens is 2. The second kappa shape index (κ2) is 5.85. The largest absolute Gasteiger partial charge is 0.438 e. The molecule has 1 aromatic heterocycles. The number of allylic oxidation sites excluding steroid dienone is 1. The number of benzene rings is 1. The zero-order valence-corrected chi connectivity index (χ0v) is 13.0. The summed E-state index contributed by atoms with van der Waals surface area (Å²) in [5.41, 5.74) is -0.0831. The molecule has 0 aliphatic carbocycles. The molecule has 1 aromatic carbocycles. The lowest BCUT2D eigenvalue weighted by Crippen LogP contribution is -2.10. The minimum atomic E-state index is -0.0831. The van der Waals surface area contributed by atoms with Gasteiger partial charge in [-0.25, -0.2) is 4.98 Å².